The summed E-state index contributed by atoms with van der Waals surface area (Å²) in [6.07, 6.45) is 0. The van der Waals surface area contributed by atoms with Crippen molar-refractivity contribution >= 4 is 34.8 Å². The molecule has 0 atom stereocenters. The molecule has 0 radical (unpaired) electrons. The molecule has 0 amide bonds. The van der Waals surface area contributed by atoms with E-state index >= 15 is 0 Å². The predicted octanol–water partition coefficient (Wildman–Crippen LogP) is 7.80. The summed E-state index contributed by atoms with van der Waals surface area (Å²) in [5.41, 5.74) is 3.22. The van der Waals surface area contributed by atoms with Crippen LogP contribution in [-0.2, 0) is 4.74 Å². The van der Waals surface area contributed by atoms with Crippen LogP contribution in [0.3, 0.4) is 0 Å². The molecule has 0 bridgehead atoms. The molecule has 1 aromatic heterocycles. The molecule has 0 aliphatic rings. The molecule has 6 heteroatoms. The minimum absolute atomic E-state index is 0.214. The molecule has 0 saturated carbocycles. The number of carbonyl (C=O) groups is 1. The molecular weight excluding hydrogens is 549 g/mol. The number of hydrogen-bond acceptors (Lipinski definition) is 5. The molecule has 0 saturated heterocycles. The fourth-order valence-electron chi connectivity index (χ4n) is 5.27. The minimum atomic E-state index is -2.74. The maximum atomic E-state index is 14.0. The van der Waals surface area contributed by atoms with Crippen molar-refractivity contribution in [1.29, 1.82) is 0 Å². The van der Waals surface area contributed by atoms with Crippen LogP contribution in [0.1, 0.15) is 17.3 Å². The van der Waals surface area contributed by atoms with Crippen LogP contribution in [0, 0.1) is 0 Å². The number of ether oxygens (including phenoxy) is 1. The van der Waals surface area contributed by atoms with E-state index in [4.69, 9.17) is 19.7 Å². The highest BCUT2D eigenvalue weighted by Crippen LogP contribution is 2.50. The van der Waals surface area contributed by atoms with Gasteiger partial charge in [-0.05, 0) is 12.5 Å². The van der Waals surface area contributed by atoms with Crippen molar-refractivity contribution in [3.63, 3.8) is 0 Å². The van der Waals surface area contributed by atoms with Crippen molar-refractivity contribution in [3.8, 4) is 22.4 Å². The molecule has 6 aromatic rings. The van der Waals surface area contributed by atoms with E-state index in [1.165, 1.54) is 0 Å². The number of esters is 1. The van der Waals surface area contributed by atoms with Gasteiger partial charge < -0.3 is 4.74 Å². The number of carbonyl (C=O) groups excluding carboxylic acids is 1. The lowest BCUT2D eigenvalue weighted by Crippen LogP contribution is -2.25. The monoisotopic (exact) mass is 579 g/mol. The fraction of sp³-hybridized carbons (Fsp3) is 0.0541. The summed E-state index contributed by atoms with van der Waals surface area (Å²) >= 11 is 0. The van der Waals surface area contributed by atoms with Crippen molar-refractivity contribution < 1.29 is 9.53 Å². The molecule has 1 heterocycles. The average molecular weight is 580 g/mol. The Morgan fingerprint density at radius 3 is 1.47 bits per heavy atom. The number of rotatable bonds is 8. The summed E-state index contributed by atoms with van der Waals surface area (Å²) in [6, 6.07) is 50.4. The smallest absolute Gasteiger partial charge is 0.342 e. The third kappa shape index (κ3) is 5.55. The van der Waals surface area contributed by atoms with Gasteiger partial charge in [0.1, 0.15) is 11.3 Å². The Morgan fingerprint density at radius 2 is 1.02 bits per heavy atom. The van der Waals surface area contributed by atoms with Crippen LogP contribution in [-0.4, -0.2) is 22.8 Å². The van der Waals surface area contributed by atoms with E-state index in [1.54, 1.807) is 6.92 Å². The van der Waals surface area contributed by atoms with E-state index in [-0.39, 0.29) is 12.4 Å². The predicted molar refractivity (Wildman–Crippen MR) is 176 cm³/mol. The van der Waals surface area contributed by atoms with Gasteiger partial charge in [0.2, 0.25) is 0 Å². The van der Waals surface area contributed by atoms with Crippen LogP contribution < -0.4 is 15.9 Å². The Balaban J connectivity index is 1.79. The van der Waals surface area contributed by atoms with Crippen molar-refractivity contribution in [1.82, 2.24) is 10.2 Å². The molecule has 6 rings (SSSR count). The largest absolute Gasteiger partial charge is 0.462 e. The second-order valence-electron chi connectivity index (χ2n) is 9.82. The molecule has 5 nitrogen and oxygen atoms in total. The first-order valence-corrected chi connectivity index (χ1v) is 15.9. The lowest BCUT2D eigenvalue weighted by atomic mass is 9.95. The standard InChI is InChI=1S/C37H30N3O2P/c1-2-42-37(41)34-33(28-18-8-3-9-19-28)35(29-20-10-4-11-21-29)38-39-36(34)40-43(30-22-12-5-13-23-30,31-24-14-6-15-25-31)32-26-16-7-17-27-32/h3-27H,2H2,1H3. The second-order valence-corrected chi connectivity index (χ2v) is 12.8. The quantitative estimate of drug-likeness (QED) is 0.136. The van der Waals surface area contributed by atoms with Gasteiger partial charge >= 0.3 is 5.97 Å². The highest BCUT2D eigenvalue weighted by molar-refractivity contribution is 7.87. The van der Waals surface area contributed by atoms with Gasteiger partial charge in [-0.25, -0.2) is 9.54 Å². The van der Waals surface area contributed by atoms with Crippen molar-refractivity contribution in [3.05, 3.63) is 157 Å². The van der Waals surface area contributed by atoms with Crippen LogP contribution >= 0.6 is 7.05 Å². The van der Waals surface area contributed by atoms with E-state index < -0.39 is 13.0 Å². The third-order valence-corrected chi connectivity index (χ3v) is 10.8. The molecule has 5 aromatic carbocycles. The van der Waals surface area contributed by atoms with Gasteiger partial charge in [-0.15, -0.1) is 10.2 Å². The van der Waals surface area contributed by atoms with Gasteiger partial charge in [-0.2, -0.15) is 0 Å². The van der Waals surface area contributed by atoms with E-state index in [2.05, 4.69) is 36.4 Å². The Hall–Kier alpha value is -5.12. The maximum Gasteiger partial charge on any atom is 0.342 e. The summed E-state index contributed by atoms with van der Waals surface area (Å²) < 4.78 is 11.3. The fourth-order valence-corrected chi connectivity index (χ4v) is 8.75. The van der Waals surface area contributed by atoms with Gasteiger partial charge in [0, 0.05) is 27.0 Å². The number of nitrogens with zero attached hydrogens (tertiary/aromatic N) is 3. The molecule has 0 unspecified atom stereocenters. The molecule has 0 fully saturated rings. The highest BCUT2D eigenvalue weighted by Gasteiger charge is 2.31. The summed E-state index contributed by atoms with van der Waals surface area (Å²) in [5.74, 6) is -0.235. The number of hydrogen-bond donors (Lipinski definition) is 0. The van der Waals surface area contributed by atoms with Crippen LogP contribution in [0.2, 0.25) is 0 Å². The SMILES string of the molecule is CCOC(=O)c1c(N=P(c2ccccc2)(c2ccccc2)c2ccccc2)nnc(-c2ccccc2)c1-c1ccccc1. The topological polar surface area (TPSA) is 64.4 Å². The van der Waals surface area contributed by atoms with E-state index in [1.807, 2.05) is 115 Å². The highest BCUT2D eigenvalue weighted by atomic mass is 31.2. The summed E-state index contributed by atoms with van der Waals surface area (Å²) in [4.78, 5) is 14.0. The van der Waals surface area contributed by atoms with Gasteiger partial charge in [0.05, 0.1) is 13.7 Å². The normalized spacial score (nSPS) is 11.1. The van der Waals surface area contributed by atoms with Crippen LogP contribution in [0.4, 0.5) is 5.82 Å². The molecule has 210 valence electrons. The maximum absolute atomic E-state index is 14.0. The van der Waals surface area contributed by atoms with Crippen molar-refractivity contribution in [2.45, 2.75) is 6.92 Å². The Morgan fingerprint density at radius 1 is 0.605 bits per heavy atom. The molecule has 0 aliphatic carbocycles. The summed E-state index contributed by atoms with van der Waals surface area (Å²) in [7, 11) is -2.74. The zero-order valence-electron chi connectivity index (χ0n) is 23.7. The Bertz CT molecular complexity index is 1780. The van der Waals surface area contributed by atoms with Crippen molar-refractivity contribution in [2.24, 2.45) is 4.74 Å². The first kappa shape index (κ1) is 28.0. The first-order valence-electron chi connectivity index (χ1n) is 14.2. The van der Waals surface area contributed by atoms with Crippen LogP contribution in [0.5, 0.6) is 0 Å². The van der Waals surface area contributed by atoms with E-state index in [9.17, 15) is 4.79 Å². The number of benzene rings is 5. The molecule has 0 N–H and O–H groups in total. The Labute approximate surface area is 251 Å². The lowest BCUT2D eigenvalue weighted by Gasteiger charge is -2.27. The molecular formula is C37H30N3O2P. The average Bonchev–Trinajstić information content (AvgIpc) is 3.09. The van der Waals surface area contributed by atoms with Crippen LogP contribution in [0.25, 0.3) is 22.4 Å². The van der Waals surface area contributed by atoms with Gasteiger partial charge in [-0.3, -0.25) is 0 Å². The van der Waals surface area contributed by atoms with Gasteiger partial charge in [-0.1, -0.05) is 152 Å². The zero-order valence-corrected chi connectivity index (χ0v) is 24.6. The third-order valence-electron chi connectivity index (χ3n) is 7.18. The second kappa shape index (κ2) is 12.8. The van der Waals surface area contributed by atoms with Crippen molar-refractivity contribution in [2.75, 3.05) is 6.61 Å². The first-order chi connectivity index (χ1) is 21.2. The van der Waals surface area contributed by atoms with E-state index in [0.717, 1.165) is 27.0 Å². The van der Waals surface area contributed by atoms with Gasteiger partial charge in [0.15, 0.2) is 5.82 Å². The van der Waals surface area contributed by atoms with E-state index in [0.29, 0.717) is 16.8 Å². The number of aromatic nitrogens is 2. The zero-order chi connectivity index (χ0) is 29.5. The minimum Gasteiger partial charge on any atom is -0.462 e. The van der Waals surface area contributed by atoms with Gasteiger partial charge in [0.25, 0.3) is 0 Å². The Kier molecular flexibility index (Phi) is 8.35. The molecule has 0 spiro atoms. The lowest BCUT2D eigenvalue weighted by molar-refractivity contribution is 0.0527. The molecule has 0 aliphatic heterocycles. The van der Waals surface area contributed by atoms with Crippen LogP contribution in [0.15, 0.2) is 156 Å². The summed E-state index contributed by atoms with van der Waals surface area (Å²) in [6.45, 7) is 2.02. The summed E-state index contributed by atoms with van der Waals surface area (Å²) in [5, 5.41) is 12.6. The molecule has 43 heavy (non-hydrogen) atoms.